The van der Waals surface area contributed by atoms with E-state index in [1.807, 2.05) is 18.2 Å². The third-order valence-electron chi connectivity index (χ3n) is 5.39. The number of anilines is 1. The third-order valence-corrected chi connectivity index (χ3v) is 5.39. The molecule has 0 saturated carbocycles. The van der Waals surface area contributed by atoms with Crippen molar-refractivity contribution in [2.75, 3.05) is 18.4 Å². The number of carbonyl (C=O) groups excluding carboxylic acids is 1. The van der Waals surface area contributed by atoms with Crippen molar-refractivity contribution in [1.29, 1.82) is 0 Å². The quantitative estimate of drug-likeness (QED) is 0.639. The Balaban J connectivity index is 1.27. The number of likely N-dealkylation sites (tertiary alicyclic amines) is 1. The molecule has 5 heteroatoms. The van der Waals surface area contributed by atoms with Gasteiger partial charge in [0.15, 0.2) is 0 Å². The van der Waals surface area contributed by atoms with Crippen LogP contribution in [0.4, 0.5) is 10.1 Å². The van der Waals surface area contributed by atoms with Crippen LogP contribution in [-0.4, -0.2) is 23.9 Å². The highest BCUT2D eigenvalue weighted by atomic mass is 19.1. The largest absolute Gasteiger partial charge is 0.460 e. The highest BCUT2D eigenvalue weighted by molar-refractivity contribution is 5.90. The molecule has 1 saturated heterocycles. The van der Waals surface area contributed by atoms with Crippen LogP contribution in [0.25, 0.3) is 11.0 Å². The molecule has 1 N–H and O–H groups in total. The van der Waals surface area contributed by atoms with Crippen molar-refractivity contribution in [3.05, 3.63) is 66.2 Å². The molecule has 1 atom stereocenters. The number of halogens is 1. The number of nitrogens with zero attached hydrogens (tertiary/aromatic N) is 1. The first kappa shape index (κ1) is 18.7. The number of para-hydroxylation sites is 2. The van der Waals surface area contributed by atoms with Crippen LogP contribution in [0.1, 0.15) is 31.4 Å². The van der Waals surface area contributed by atoms with Gasteiger partial charge in [-0.1, -0.05) is 30.3 Å². The van der Waals surface area contributed by atoms with Gasteiger partial charge in [0.25, 0.3) is 0 Å². The molecular formula is C23H25FN2O2. The van der Waals surface area contributed by atoms with Gasteiger partial charge in [-0.15, -0.1) is 0 Å². The first-order chi connectivity index (χ1) is 13.7. The van der Waals surface area contributed by atoms with Crippen molar-refractivity contribution < 1.29 is 13.6 Å². The Bertz CT molecular complexity index is 919. The second-order valence-corrected chi connectivity index (χ2v) is 7.56. The SMILES string of the molecule is O=C(CCC1CCCN(Cc2cc3ccccc3o2)C1)Nc1ccccc1F. The smallest absolute Gasteiger partial charge is 0.224 e. The molecule has 1 amide bonds. The van der Waals surface area contributed by atoms with Crippen LogP contribution in [0.5, 0.6) is 0 Å². The molecule has 1 fully saturated rings. The van der Waals surface area contributed by atoms with Crippen molar-refractivity contribution in [3.8, 4) is 0 Å². The Labute approximate surface area is 164 Å². The van der Waals surface area contributed by atoms with Crippen LogP contribution in [0, 0.1) is 11.7 Å². The van der Waals surface area contributed by atoms with Gasteiger partial charge in [-0.3, -0.25) is 9.69 Å². The van der Waals surface area contributed by atoms with E-state index >= 15 is 0 Å². The Morgan fingerprint density at radius 3 is 2.86 bits per heavy atom. The molecule has 2 aromatic carbocycles. The lowest BCUT2D eigenvalue weighted by atomic mass is 9.93. The van der Waals surface area contributed by atoms with Gasteiger partial charge in [-0.2, -0.15) is 0 Å². The van der Waals surface area contributed by atoms with E-state index in [-0.39, 0.29) is 11.6 Å². The number of rotatable bonds is 6. The lowest BCUT2D eigenvalue weighted by Crippen LogP contribution is -2.35. The van der Waals surface area contributed by atoms with Gasteiger partial charge in [0.2, 0.25) is 5.91 Å². The second-order valence-electron chi connectivity index (χ2n) is 7.56. The average Bonchev–Trinajstić information content (AvgIpc) is 3.11. The third kappa shape index (κ3) is 4.60. The fourth-order valence-corrected chi connectivity index (χ4v) is 3.98. The number of nitrogens with one attached hydrogen (secondary N) is 1. The molecule has 0 bridgehead atoms. The Morgan fingerprint density at radius 2 is 2.00 bits per heavy atom. The van der Waals surface area contributed by atoms with E-state index in [2.05, 4.69) is 22.3 Å². The Kier molecular flexibility index (Phi) is 5.72. The van der Waals surface area contributed by atoms with Gasteiger partial charge in [-0.25, -0.2) is 4.39 Å². The highest BCUT2D eigenvalue weighted by Gasteiger charge is 2.22. The van der Waals surface area contributed by atoms with Crippen LogP contribution >= 0.6 is 0 Å². The predicted octanol–water partition coefficient (Wildman–Crippen LogP) is 5.20. The van der Waals surface area contributed by atoms with Crippen molar-refractivity contribution >= 4 is 22.6 Å². The van der Waals surface area contributed by atoms with Crippen molar-refractivity contribution in [2.24, 2.45) is 5.92 Å². The molecule has 1 unspecified atom stereocenters. The summed E-state index contributed by atoms with van der Waals surface area (Å²) in [6, 6.07) is 16.4. The molecule has 1 aliphatic heterocycles. The summed E-state index contributed by atoms with van der Waals surface area (Å²) in [6.45, 7) is 2.81. The number of hydrogen-bond donors (Lipinski definition) is 1. The molecule has 1 aliphatic rings. The summed E-state index contributed by atoms with van der Waals surface area (Å²) in [6.07, 6.45) is 3.48. The second kappa shape index (κ2) is 8.57. The van der Waals surface area contributed by atoms with Crippen LogP contribution in [0.15, 0.2) is 59.0 Å². The zero-order valence-corrected chi connectivity index (χ0v) is 15.9. The van der Waals surface area contributed by atoms with Gasteiger partial charge in [-0.05, 0) is 56.0 Å². The minimum Gasteiger partial charge on any atom is -0.460 e. The van der Waals surface area contributed by atoms with Gasteiger partial charge >= 0.3 is 0 Å². The maximum Gasteiger partial charge on any atom is 0.224 e. The zero-order chi connectivity index (χ0) is 19.3. The molecule has 2 heterocycles. The molecule has 1 aromatic heterocycles. The van der Waals surface area contributed by atoms with E-state index in [9.17, 15) is 9.18 Å². The lowest BCUT2D eigenvalue weighted by Gasteiger charge is -2.32. The molecule has 4 rings (SSSR count). The maximum absolute atomic E-state index is 13.6. The number of carbonyl (C=O) groups is 1. The van der Waals surface area contributed by atoms with Crippen molar-refractivity contribution in [1.82, 2.24) is 4.90 Å². The molecular weight excluding hydrogens is 355 g/mol. The minimum atomic E-state index is -0.398. The molecule has 146 valence electrons. The molecule has 28 heavy (non-hydrogen) atoms. The minimum absolute atomic E-state index is 0.125. The van der Waals surface area contributed by atoms with E-state index in [0.29, 0.717) is 12.3 Å². The topological polar surface area (TPSA) is 45.5 Å². The zero-order valence-electron chi connectivity index (χ0n) is 15.9. The summed E-state index contributed by atoms with van der Waals surface area (Å²) in [5.74, 6) is 0.939. The van der Waals surface area contributed by atoms with Crippen LogP contribution < -0.4 is 5.32 Å². The van der Waals surface area contributed by atoms with E-state index in [0.717, 1.165) is 55.6 Å². The van der Waals surface area contributed by atoms with Gasteiger partial charge in [0.05, 0.1) is 12.2 Å². The summed E-state index contributed by atoms with van der Waals surface area (Å²) in [5.41, 5.74) is 1.18. The van der Waals surface area contributed by atoms with E-state index in [1.54, 1.807) is 18.2 Å². The molecule has 0 spiro atoms. The number of amides is 1. The summed E-state index contributed by atoms with van der Waals surface area (Å²) in [4.78, 5) is 14.6. The van der Waals surface area contributed by atoms with E-state index < -0.39 is 5.82 Å². The molecule has 0 aliphatic carbocycles. The van der Waals surface area contributed by atoms with Crippen LogP contribution in [0.3, 0.4) is 0 Å². The Hall–Kier alpha value is -2.66. The van der Waals surface area contributed by atoms with Crippen molar-refractivity contribution in [2.45, 2.75) is 32.2 Å². The molecule has 3 aromatic rings. The van der Waals surface area contributed by atoms with Crippen LogP contribution in [-0.2, 0) is 11.3 Å². The van der Waals surface area contributed by atoms with Crippen molar-refractivity contribution in [3.63, 3.8) is 0 Å². The number of hydrogen-bond acceptors (Lipinski definition) is 3. The van der Waals surface area contributed by atoms with Crippen LogP contribution in [0.2, 0.25) is 0 Å². The van der Waals surface area contributed by atoms with Gasteiger partial charge in [0, 0.05) is 18.4 Å². The fraction of sp³-hybridized carbons (Fsp3) is 0.348. The normalized spacial score (nSPS) is 17.7. The standard InChI is InChI=1S/C23H25FN2O2/c24-20-8-2-3-9-21(20)25-23(27)12-11-17-6-5-13-26(15-17)16-19-14-18-7-1-4-10-22(18)28-19/h1-4,7-10,14,17H,5-6,11-13,15-16H2,(H,25,27). The van der Waals surface area contributed by atoms with E-state index in [1.165, 1.54) is 6.07 Å². The molecule has 0 radical (unpaired) electrons. The molecule has 4 nitrogen and oxygen atoms in total. The summed E-state index contributed by atoms with van der Waals surface area (Å²) in [7, 11) is 0. The lowest BCUT2D eigenvalue weighted by molar-refractivity contribution is -0.116. The highest BCUT2D eigenvalue weighted by Crippen LogP contribution is 2.25. The van der Waals surface area contributed by atoms with Gasteiger partial charge in [0.1, 0.15) is 17.2 Å². The summed E-state index contributed by atoms with van der Waals surface area (Å²) < 4.78 is 19.6. The first-order valence-electron chi connectivity index (χ1n) is 9.91. The summed E-state index contributed by atoms with van der Waals surface area (Å²) >= 11 is 0. The maximum atomic E-state index is 13.6. The summed E-state index contributed by atoms with van der Waals surface area (Å²) in [5, 5.41) is 3.81. The number of fused-ring (bicyclic) bond motifs is 1. The monoisotopic (exact) mass is 380 g/mol. The number of benzene rings is 2. The van der Waals surface area contributed by atoms with E-state index in [4.69, 9.17) is 4.42 Å². The fourth-order valence-electron chi connectivity index (χ4n) is 3.98. The van der Waals surface area contributed by atoms with Gasteiger partial charge < -0.3 is 9.73 Å². The number of furan rings is 1. The first-order valence-corrected chi connectivity index (χ1v) is 9.91. The predicted molar refractivity (Wildman–Crippen MR) is 108 cm³/mol. The number of piperidine rings is 1. The Morgan fingerprint density at radius 1 is 1.18 bits per heavy atom. The average molecular weight is 380 g/mol.